The number of amides is 1. The van der Waals surface area contributed by atoms with E-state index in [0.717, 1.165) is 0 Å². The van der Waals surface area contributed by atoms with E-state index in [1.54, 1.807) is 6.07 Å². The van der Waals surface area contributed by atoms with Crippen LogP contribution >= 0.6 is 0 Å². The molecule has 100 valence electrons. The van der Waals surface area contributed by atoms with Crippen LogP contribution in [-0.4, -0.2) is 24.7 Å². The molecule has 0 spiro atoms. The molecule has 0 fully saturated rings. The predicted molar refractivity (Wildman–Crippen MR) is 60.3 cm³/mol. The van der Waals surface area contributed by atoms with Crippen LogP contribution in [0.5, 0.6) is 5.75 Å². The first-order valence-electron chi connectivity index (χ1n) is 5.14. The van der Waals surface area contributed by atoms with Crippen LogP contribution in [0.3, 0.4) is 0 Å². The summed E-state index contributed by atoms with van der Waals surface area (Å²) in [7, 11) is 0. The van der Waals surface area contributed by atoms with Crippen LogP contribution in [0.15, 0.2) is 24.3 Å². The first-order chi connectivity index (χ1) is 8.29. The molecule has 1 rings (SSSR count). The highest BCUT2D eigenvalue weighted by Gasteiger charge is 2.28. The largest absolute Gasteiger partial charge is 0.482 e. The summed E-state index contributed by atoms with van der Waals surface area (Å²) in [4.78, 5) is 11.4. The van der Waals surface area contributed by atoms with Crippen molar-refractivity contribution in [3.63, 3.8) is 0 Å². The topological polar surface area (TPSA) is 64.4 Å². The summed E-state index contributed by atoms with van der Waals surface area (Å²) in [5, 5.41) is 2.39. The minimum absolute atomic E-state index is 0.0520. The number of nitrogens with two attached hydrogens (primary N) is 1. The number of nitrogens with one attached hydrogen (secondary N) is 1. The minimum Gasteiger partial charge on any atom is -0.482 e. The quantitative estimate of drug-likeness (QED) is 0.871. The number of carbonyl (C=O) groups is 1. The number of alkyl halides is 3. The van der Waals surface area contributed by atoms with E-state index in [9.17, 15) is 18.0 Å². The molecule has 1 amide bonds. The summed E-state index contributed by atoms with van der Waals surface area (Å²) < 4.78 is 40.7. The maximum atomic E-state index is 12.0. The fraction of sp³-hybridized carbons (Fsp3) is 0.364. The Bertz CT molecular complexity index is 419. The van der Waals surface area contributed by atoms with E-state index in [0.29, 0.717) is 0 Å². The number of anilines is 1. The van der Waals surface area contributed by atoms with Gasteiger partial charge in [-0.1, -0.05) is 12.1 Å². The normalized spacial score (nSPS) is 12.9. The van der Waals surface area contributed by atoms with Crippen molar-refractivity contribution >= 4 is 11.6 Å². The van der Waals surface area contributed by atoms with Gasteiger partial charge in [-0.05, 0) is 19.1 Å². The maximum Gasteiger partial charge on any atom is 0.422 e. The molecule has 1 atom stereocenters. The fourth-order valence-electron chi connectivity index (χ4n) is 1.10. The van der Waals surface area contributed by atoms with E-state index in [1.165, 1.54) is 25.1 Å². The number of hydrogen-bond acceptors (Lipinski definition) is 3. The lowest BCUT2D eigenvalue weighted by Crippen LogP contribution is -2.32. The molecule has 1 aromatic rings. The smallest absolute Gasteiger partial charge is 0.422 e. The zero-order chi connectivity index (χ0) is 13.8. The predicted octanol–water partition coefficient (Wildman–Crippen LogP) is 1.91. The van der Waals surface area contributed by atoms with Crippen molar-refractivity contribution in [2.24, 2.45) is 5.73 Å². The highest BCUT2D eigenvalue weighted by Crippen LogP contribution is 2.26. The summed E-state index contributed by atoms with van der Waals surface area (Å²) >= 11 is 0. The maximum absolute atomic E-state index is 12.0. The molecule has 0 aromatic heterocycles. The number of halogens is 3. The average Bonchev–Trinajstić information content (AvgIpc) is 2.26. The molecule has 1 aromatic carbocycles. The van der Waals surface area contributed by atoms with Crippen molar-refractivity contribution in [1.29, 1.82) is 0 Å². The van der Waals surface area contributed by atoms with Crippen LogP contribution in [0, 0.1) is 0 Å². The number of rotatable bonds is 4. The first-order valence-corrected chi connectivity index (χ1v) is 5.14. The van der Waals surface area contributed by atoms with Crippen molar-refractivity contribution in [3.8, 4) is 5.75 Å². The van der Waals surface area contributed by atoms with Crippen LogP contribution in [0.1, 0.15) is 6.92 Å². The Hall–Kier alpha value is -1.76. The van der Waals surface area contributed by atoms with Crippen molar-refractivity contribution in [1.82, 2.24) is 0 Å². The Morgan fingerprint density at radius 1 is 1.44 bits per heavy atom. The summed E-state index contributed by atoms with van der Waals surface area (Å²) in [6, 6.07) is 5.08. The van der Waals surface area contributed by atoms with Gasteiger partial charge in [-0.3, -0.25) is 4.79 Å². The van der Waals surface area contributed by atoms with Crippen LogP contribution in [0.2, 0.25) is 0 Å². The Balaban J connectivity index is 2.77. The third-order valence-corrected chi connectivity index (χ3v) is 1.95. The SMILES string of the molecule is CC(N)C(=O)Nc1ccccc1OCC(F)(F)F. The monoisotopic (exact) mass is 262 g/mol. The third kappa shape index (κ3) is 4.62. The van der Waals surface area contributed by atoms with Gasteiger partial charge in [-0.2, -0.15) is 13.2 Å². The minimum atomic E-state index is -4.43. The number of ether oxygens (including phenoxy) is 1. The number of carbonyl (C=O) groups excluding carboxylic acids is 1. The molecular weight excluding hydrogens is 249 g/mol. The summed E-state index contributed by atoms with van der Waals surface area (Å²) in [5.74, 6) is -0.554. The van der Waals surface area contributed by atoms with Crippen molar-refractivity contribution in [2.75, 3.05) is 11.9 Å². The zero-order valence-corrected chi connectivity index (χ0v) is 9.62. The Kier molecular flexibility index (Phi) is 4.55. The van der Waals surface area contributed by atoms with Gasteiger partial charge in [-0.15, -0.1) is 0 Å². The van der Waals surface area contributed by atoms with Gasteiger partial charge in [0.05, 0.1) is 11.7 Å². The highest BCUT2D eigenvalue weighted by atomic mass is 19.4. The lowest BCUT2D eigenvalue weighted by atomic mass is 10.2. The molecule has 0 aliphatic rings. The first kappa shape index (κ1) is 14.3. The number of para-hydroxylation sites is 2. The van der Waals surface area contributed by atoms with E-state index in [-0.39, 0.29) is 11.4 Å². The molecule has 0 saturated carbocycles. The fourth-order valence-corrected chi connectivity index (χ4v) is 1.10. The Morgan fingerprint density at radius 3 is 2.61 bits per heavy atom. The van der Waals surface area contributed by atoms with Gasteiger partial charge < -0.3 is 15.8 Å². The molecular formula is C11H13F3N2O2. The van der Waals surface area contributed by atoms with Crippen LogP contribution < -0.4 is 15.8 Å². The molecule has 7 heteroatoms. The molecule has 0 bridgehead atoms. The summed E-state index contributed by atoms with van der Waals surface area (Å²) in [5.41, 5.74) is 5.50. The second kappa shape index (κ2) is 5.72. The third-order valence-electron chi connectivity index (χ3n) is 1.95. The van der Waals surface area contributed by atoms with Gasteiger partial charge in [-0.25, -0.2) is 0 Å². The second-order valence-corrected chi connectivity index (χ2v) is 3.68. The standard InChI is InChI=1S/C11H13F3N2O2/c1-7(15)10(17)16-8-4-2-3-5-9(8)18-6-11(12,13)14/h2-5,7H,6,15H2,1H3,(H,16,17). The molecule has 18 heavy (non-hydrogen) atoms. The Morgan fingerprint density at radius 2 is 2.06 bits per heavy atom. The lowest BCUT2D eigenvalue weighted by molar-refractivity contribution is -0.153. The number of benzene rings is 1. The molecule has 0 radical (unpaired) electrons. The van der Waals surface area contributed by atoms with Gasteiger partial charge >= 0.3 is 6.18 Å². The van der Waals surface area contributed by atoms with E-state index < -0.39 is 24.7 Å². The van der Waals surface area contributed by atoms with Gasteiger partial charge in [0.2, 0.25) is 5.91 Å². The van der Waals surface area contributed by atoms with E-state index >= 15 is 0 Å². The lowest BCUT2D eigenvalue weighted by Gasteiger charge is -2.14. The molecule has 3 N–H and O–H groups in total. The van der Waals surface area contributed by atoms with Crippen molar-refractivity contribution in [2.45, 2.75) is 19.1 Å². The summed E-state index contributed by atoms with van der Waals surface area (Å²) in [6.45, 7) is 0.0482. The van der Waals surface area contributed by atoms with E-state index in [1.807, 2.05) is 0 Å². The summed E-state index contributed by atoms with van der Waals surface area (Å²) in [6.07, 6.45) is -4.43. The molecule has 0 saturated heterocycles. The Labute approximate surface area is 102 Å². The van der Waals surface area contributed by atoms with Gasteiger partial charge in [0.25, 0.3) is 0 Å². The molecule has 4 nitrogen and oxygen atoms in total. The number of hydrogen-bond donors (Lipinski definition) is 2. The van der Waals surface area contributed by atoms with Gasteiger partial charge in [0, 0.05) is 0 Å². The zero-order valence-electron chi connectivity index (χ0n) is 9.62. The average molecular weight is 262 g/mol. The van der Waals surface area contributed by atoms with E-state index in [4.69, 9.17) is 5.73 Å². The van der Waals surface area contributed by atoms with Crippen molar-refractivity contribution < 1.29 is 22.7 Å². The van der Waals surface area contributed by atoms with Crippen LogP contribution in [0.4, 0.5) is 18.9 Å². The second-order valence-electron chi connectivity index (χ2n) is 3.68. The van der Waals surface area contributed by atoms with Gasteiger partial charge in [0.1, 0.15) is 5.75 Å². The van der Waals surface area contributed by atoms with Gasteiger partial charge in [0.15, 0.2) is 6.61 Å². The molecule has 0 aliphatic carbocycles. The molecule has 1 unspecified atom stereocenters. The van der Waals surface area contributed by atoms with Crippen LogP contribution in [0.25, 0.3) is 0 Å². The molecule has 0 heterocycles. The van der Waals surface area contributed by atoms with Crippen molar-refractivity contribution in [3.05, 3.63) is 24.3 Å². The molecule has 0 aliphatic heterocycles. The van der Waals surface area contributed by atoms with Crippen LogP contribution in [-0.2, 0) is 4.79 Å². The van der Waals surface area contributed by atoms with E-state index in [2.05, 4.69) is 10.1 Å². The highest BCUT2D eigenvalue weighted by molar-refractivity contribution is 5.95.